The molecule has 2 aromatic heterocycles. The lowest BCUT2D eigenvalue weighted by Crippen LogP contribution is -2.48. The molecule has 2 amide bonds. The standard InChI is InChI=1S/C22H22F3N5O5/c1-12(22(23,24)25)8-17(31)15-2-3-16-20(27-15)30(13-5-7-29(16)10-13)21(34)28-18-9-14(4-6-26-18)35-11-19(32)33/h2-4,6,9,12-13H,5,7-8,10-11H2,1H3,(H,32,33)(H,26,28,34)/t12-,13-/m0/s1. The number of fused-ring (bicyclic) bond motifs is 4. The van der Waals surface area contributed by atoms with Crippen LogP contribution in [0.15, 0.2) is 30.5 Å². The molecule has 10 nitrogen and oxygen atoms in total. The number of alkyl halides is 3. The number of carboxylic acid groups (broad SMARTS) is 1. The molecular weight excluding hydrogens is 471 g/mol. The van der Waals surface area contributed by atoms with Crippen LogP contribution in [0, 0.1) is 5.92 Å². The van der Waals surface area contributed by atoms with Crippen molar-refractivity contribution in [2.75, 3.05) is 34.8 Å². The van der Waals surface area contributed by atoms with Crippen LogP contribution in [0.25, 0.3) is 0 Å². The highest BCUT2D eigenvalue weighted by Crippen LogP contribution is 2.39. The number of halogens is 3. The first-order valence-electron chi connectivity index (χ1n) is 10.8. The summed E-state index contributed by atoms with van der Waals surface area (Å²) in [6.45, 7) is 1.56. The smallest absolute Gasteiger partial charge is 0.391 e. The second kappa shape index (κ2) is 9.39. The van der Waals surface area contributed by atoms with Gasteiger partial charge in [0.2, 0.25) is 0 Å². The van der Waals surface area contributed by atoms with Crippen molar-refractivity contribution in [2.24, 2.45) is 5.92 Å². The van der Waals surface area contributed by atoms with Gasteiger partial charge in [0.25, 0.3) is 0 Å². The molecule has 4 rings (SSSR count). The monoisotopic (exact) mass is 493 g/mol. The second-order valence-corrected chi connectivity index (χ2v) is 8.36. The molecule has 186 valence electrons. The second-order valence-electron chi connectivity index (χ2n) is 8.36. The fourth-order valence-corrected chi connectivity index (χ4v) is 4.01. The van der Waals surface area contributed by atoms with Crippen LogP contribution in [-0.2, 0) is 4.79 Å². The van der Waals surface area contributed by atoms with E-state index in [0.29, 0.717) is 25.2 Å². The van der Waals surface area contributed by atoms with Gasteiger partial charge in [0, 0.05) is 31.8 Å². The number of hydrogen-bond acceptors (Lipinski definition) is 7. The molecule has 2 aliphatic rings. The SMILES string of the molecule is C[C@@H](CC(=O)c1ccc2c(n1)N(C(=O)Nc1cc(OCC(=O)O)ccn1)[C@H]1CCN2C1)C(F)(F)F. The summed E-state index contributed by atoms with van der Waals surface area (Å²) in [4.78, 5) is 48.2. The zero-order chi connectivity index (χ0) is 25.3. The Morgan fingerprint density at radius 1 is 1.29 bits per heavy atom. The number of anilines is 3. The van der Waals surface area contributed by atoms with Crippen molar-refractivity contribution in [1.82, 2.24) is 9.97 Å². The zero-order valence-corrected chi connectivity index (χ0v) is 18.6. The van der Waals surface area contributed by atoms with Crippen molar-refractivity contribution in [2.45, 2.75) is 32.0 Å². The van der Waals surface area contributed by atoms with Crippen LogP contribution < -0.4 is 19.9 Å². The van der Waals surface area contributed by atoms with Crippen LogP contribution in [-0.4, -0.2) is 64.8 Å². The van der Waals surface area contributed by atoms with Gasteiger partial charge in [0.05, 0.1) is 17.6 Å². The number of carboxylic acids is 1. The molecular formula is C22H22F3N5O5. The van der Waals surface area contributed by atoms with Gasteiger partial charge in [-0.1, -0.05) is 6.92 Å². The van der Waals surface area contributed by atoms with E-state index in [0.717, 1.165) is 6.92 Å². The molecule has 0 aromatic carbocycles. The van der Waals surface area contributed by atoms with Gasteiger partial charge in [0.15, 0.2) is 18.2 Å². The molecule has 4 heterocycles. The number of Topliss-reactive ketones (excluding diaryl/α,β-unsaturated/α-hetero) is 1. The normalized spacial score (nSPS) is 17.5. The molecule has 0 aliphatic carbocycles. The average molecular weight is 493 g/mol. The number of ether oxygens (including phenoxy) is 1. The first kappa shape index (κ1) is 24.2. The average Bonchev–Trinajstić information content (AvgIpc) is 3.21. The lowest BCUT2D eigenvalue weighted by Gasteiger charge is -2.35. The van der Waals surface area contributed by atoms with E-state index in [2.05, 4.69) is 15.3 Å². The molecule has 0 radical (unpaired) electrons. The number of nitrogens with one attached hydrogen (secondary N) is 1. The molecule has 2 N–H and O–H groups in total. The fourth-order valence-electron chi connectivity index (χ4n) is 4.01. The minimum atomic E-state index is -4.50. The quantitative estimate of drug-likeness (QED) is 0.563. The summed E-state index contributed by atoms with van der Waals surface area (Å²) in [6, 6.07) is 4.91. The van der Waals surface area contributed by atoms with E-state index in [4.69, 9.17) is 9.84 Å². The van der Waals surface area contributed by atoms with E-state index in [-0.39, 0.29) is 29.1 Å². The molecule has 2 aromatic rings. The summed E-state index contributed by atoms with van der Waals surface area (Å²) in [5, 5.41) is 11.4. The molecule has 0 spiro atoms. The first-order valence-corrected chi connectivity index (χ1v) is 10.8. The lowest BCUT2D eigenvalue weighted by atomic mass is 10.0. The van der Waals surface area contributed by atoms with Gasteiger partial charge < -0.3 is 14.7 Å². The largest absolute Gasteiger partial charge is 0.482 e. The Morgan fingerprint density at radius 3 is 2.77 bits per heavy atom. The number of aliphatic carboxylic acids is 1. The van der Waals surface area contributed by atoms with Crippen molar-refractivity contribution in [3.05, 3.63) is 36.2 Å². The van der Waals surface area contributed by atoms with Crippen LogP contribution in [0.2, 0.25) is 0 Å². The first-order chi connectivity index (χ1) is 16.5. The Hall–Kier alpha value is -3.90. The predicted molar refractivity (Wildman–Crippen MR) is 118 cm³/mol. The zero-order valence-electron chi connectivity index (χ0n) is 18.6. The van der Waals surface area contributed by atoms with E-state index in [9.17, 15) is 27.6 Å². The molecule has 13 heteroatoms. The van der Waals surface area contributed by atoms with Crippen LogP contribution in [0.3, 0.4) is 0 Å². The third-order valence-electron chi connectivity index (χ3n) is 5.84. The number of nitrogens with zero attached hydrogens (tertiary/aromatic N) is 4. The number of carbonyl (C=O) groups excluding carboxylic acids is 2. The summed E-state index contributed by atoms with van der Waals surface area (Å²) < 4.78 is 43.8. The summed E-state index contributed by atoms with van der Waals surface area (Å²) >= 11 is 0. The number of carbonyl (C=O) groups is 3. The summed E-state index contributed by atoms with van der Waals surface area (Å²) in [5.74, 6) is -3.28. The Labute approximate surface area is 197 Å². The van der Waals surface area contributed by atoms with Crippen LogP contribution in [0.5, 0.6) is 5.75 Å². The number of hydrogen-bond donors (Lipinski definition) is 2. The maximum atomic E-state index is 13.2. The highest BCUT2D eigenvalue weighted by Gasteiger charge is 2.41. The van der Waals surface area contributed by atoms with E-state index in [1.807, 2.05) is 4.90 Å². The fraction of sp³-hybridized carbons (Fsp3) is 0.409. The third kappa shape index (κ3) is 5.28. The van der Waals surface area contributed by atoms with E-state index < -0.39 is 42.9 Å². The van der Waals surface area contributed by atoms with E-state index in [1.54, 1.807) is 6.07 Å². The Balaban J connectivity index is 1.57. The maximum Gasteiger partial charge on any atom is 0.391 e. The van der Waals surface area contributed by atoms with Crippen molar-refractivity contribution >= 4 is 35.1 Å². The van der Waals surface area contributed by atoms with Gasteiger partial charge in [-0.3, -0.25) is 15.0 Å². The number of amides is 2. The topological polar surface area (TPSA) is 125 Å². The Morgan fingerprint density at radius 2 is 2.06 bits per heavy atom. The molecule has 35 heavy (non-hydrogen) atoms. The van der Waals surface area contributed by atoms with Gasteiger partial charge >= 0.3 is 18.2 Å². The molecule has 0 unspecified atom stereocenters. The summed E-state index contributed by atoms with van der Waals surface area (Å²) in [6.07, 6.45) is -3.28. The van der Waals surface area contributed by atoms with Crippen molar-refractivity contribution in [3.63, 3.8) is 0 Å². The van der Waals surface area contributed by atoms with Crippen LogP contribution >= 0.6 is 0 Å². The molecule has 1 saturated heterocycles. The lowest BCUT2D eigenvalue weighted by molar-refractivity contribution is -0.168. The molecule has 2 aliphatic heterocycles. The van der Waals surface area contributed by atoms with Gasteiger partial charge in [-0.15, -0.1) is 0 Å². The van der Waals surface area contributed by atoms with Gasteiger partial charge in [-0.2, -0.15) is 13.2 Å². The van der Waals surface area contributed by atoms with Crippen LogP contribution in [0.4, 0.5) is 35.3 Å². The molecule has 0 saturated carbocycles. The van der Waals surface area contributed by atoms with Gasteiger partial charge in [-0.25, -0.2) is 19.6 Å². The number of aromatic nitrogens is 2. The number of rotatable bonds is 7. The van der Waals surface area contributed by atoms with Crippen molar-refractivity contribution in [1.29, 1.82) is 0 Å². The van der Waals surface area contributed by atoms with Crippen molar-refractivity contribution < 1.29 is 37.4 Å². The van der Waals surface area contributed by atoms with Crippen molar-refractivity contribution in [3.8, 4) is 5.75 Å². The Kier molecular flexibility index (Phi) is 6.50. The highest BCUT2D eigenvalue weighted by atomic mass is 19.4. The third-order valence-corrected chi connectivity index (χ3v) is 5.84. The molecule has 1 fully saturated rings. The highest BCUT2D eigenvalue weighted by molar-refractivity contribution is 6.05. The van der Waals surface area contributed by atoms with E-state index >= 15 is 0 Å². The predicted octanol–water partition coefficient (Wildman–Crippen LogP) is 3.34. The number of ketones is 1. The Bertz CT molecular complexity index is 1160. The minimum absolute atomic E-state index is 0.103. The number of pyridine rings is 2. The van der Waals surface area contributed by atoms with E-state index in [1.165, 1.54) is 29.3 Å². The maximum absolute atomic E-state index is 13.2. The number of urea groups is 1. The molecule has 2 atom stereocenters. The van der Waals surface area contributed by atoms with Crippen LogP contribution in [0.1, 0.15) is 30.3 Å². The minimum Gasteiger partial charge on any atom is -0.482 e. The molecule has 2 bridgehead atoms. The summed E-state index contributed by atoms with van der Waals surface area (Å²) in [5.41, 5.74) is 0.447. The van der Waals surface area contributed by atoms with Gasteiger partial charge in [0.1, 0.15) is 17.3 Å². The van der Waals surface area contributed by atoms with Gasteiger partial charge in [-0.05, 0) is 24.6 Å². The summed E-state index contributed by atoms with van der Waals surface area (Å²) in [7, 11) is 0.